The number of nitrogens with one attached hydrogen (secondary N) is 2. The van der Waals surface area contributed by atoms with Crippen molar-refractivity contribution in [1.82, 2.24) is 20.4 Å². The maximum atomic E-state index is 12.8. The number of benzene rings is 1. The number of hydrogen-bond acceptors (Lipinski definition) is 5. The lowest BCUT2D eigenvalue weighted by atomic mass is 9.96. The van der Waals surface area contributed by atoms with E-state index in [1.807, 2.05) is 6.07 Å². The van der Waals surface area contributed by atoms with E-state index < -0.39 is 6.04 Å². The van der Waals surface area contributed by atoms with Gasteiger partial charge in [0.25, 0.3) is 5.91 Å². The lowest BCUT2D eigenvalue weighted by molar-refractivity contribution is -0.136. The number of likely N-dealkylation sites (tertiary alicyclic amines) is 1. The third-order valence-electron chi connectivity index (χ3n) is 6.71. The number of hydrogen-bond donors (Lipinski definition) is 2. The van der Waals surface area contributed by atoms with Crippen molar-refractivity contribution in [1.29, 1.82) is 0 Å². The monoisotopic (exact) mass is 382 g/mol. The van der Waals surface area contributed by atoms with Gasteiger partial charge in [0, 0.05) is 37.2 Å². The van der Waals surface area contributed by atoms with Gasteiger partial charge in [0.2, 0.25) is 11.8 Å². The first-order valence-corrected chi connectivity index (χ1v) is 10.3. The van der Waals surface area contributed by atoms with Gasteiger partial charge in [-0.05, 0) is 56.0 Å². The summed E-state index contributed by atoms with van der Waals surface area (Å²) in [6.45, 7) is 3.58. The van der Waals surface area contributed by atoms with Crippen LogP contribution < -0.4 is 10.6 Å². The van der Waals surface area contributed by atoms with Gasteiger partial charge in [0.05, 0.1) is 0 Å². The third-order valence-corrected chi connectivity index (χ3v) is 6.71. The molecule has 5 rings (SSSR count). The largest absolute Gasteiger partial charge is 0.322 e. The molecule has 0 radical (unpaired) electrons. The third kappa shape index (κ3) is 3.02. The zero-order valence-electron chi connectivity index (χ0n) is 15.9. The van der Waals surface area contributed by atoms with Crippen LogP contribution in [-0.2, 0) is 22.7 Å². The van der Waals surface area contributed by atoms with E-state index in [1.165, 1.54) is 24.8 Å². The van der Waals surface area contributed by atoms with Crippen LogP contribution in [0.4, 0.5) is 0 Å². The molecular weight excluding hydrogens is 356 g/mol. The zero-order valence-corrected chi connectivity index (χ0v) is 15.9. The van der Waals surface area contributed by atoms with Crippen LogP contribution in [0.1, 0.15) is 53.6 Å². The molecule has 7 heteroatoms. The Morgan fingerprint density at radius 1 is 1.11 bits per heavy atom. The first kappa shape index (κ1) is 17.8. The maximum Gasteiger partial charge on any atom is 0.255 e. The van der Waals surface area contributed by atoms with Gasteiger partial charge in [-0.3, -0.25) is 24.6 Å². The SMILES string of the molecule is O=C1CCC(N2Cc3cc(CN4CCC[C@@H]5NCC[C@@H]54)ccc3C2=O)C(=O)N1. The highest BCUT2D eigenvalue weighted by Gasteiger charge is 2.39. The highest BCUT2D eigenvalue weighted by atomic mass is 16.2. The lowest BCUT2D eigenvalue weighted by Crippen LogP contribution is -2.52. The molecule has 0 saturated carbocycles. The smallest absolute Gasteiger partial charge is 0.255 e. The van der Waals surface area contributed by atoms with Crippen molar-refractivity contribution in [2.75, 3.05) is 13.1 Å². The molecule has 4 aliphatic heterocycles. The zero-order chi connectivity index (χ0) is 19.3. The van der Waals surface area contributed by atoms with Crippen LogP contribution in [0.15, 0.2) is 18.2 Å². The van der Waals surface area contributed by atoms with Crippen LogP contribution in [0.2, 0.25) is 0 Å². The van der Waals surface area contributed by atoms with Crippen molar-refractivity contribution in [2.45, 2.75) is 63.3 Å². The minimum absolute atomic E-state index is 0.103. The van der Waals surface area contributed by atoms with Crippen LogP contribution in [0, 0.1) is 0 Å². The summed E-state index contributed by atoms with van der Waals surface area (Å²) >= 11 is 0. The molecule has 4 aliphatic rings. The van der Waals surface area contributed by atoms with Crippen LogP contribution in [0.3, 0.4) is 0 Å². The fourth-order valence-corrected chi connectivity index (χ4v) is 5.32. The van der Waals surface area contributed by atoms with Crippen LogP contribution in [0.25, 0.3) is 0 Å². The van der Waals surface area contributed by atoms with E-state index in [0.29, 0.717) is 30.6 Å². The number of imide groups is 1. The highest BCUT2D eigenvalue weighted by Crippen LogP contribution is 2.30. The van der Waals surface area contributed by atoms with E-state index in [1.54, 1.807) is 4.90 Å². The van der Waals surface area contributed by atoms with Crippen molar-refractivity contribution in [3.8, 4) is 0 Å². The molecule has 7 nitrogen and oxygen atoms in total. The molecule has 3 fully saturated rings. The van der Waals surface area contributed by atoms with Gasteiger partial charge < -0.3 is 10.2 Å². The summed E-state index contributed by atoms with van der Waals surface area (Å²) in [6.07, 6.45) is 4.38. The molecule has 4 heterocycles. The highest BCUT2D eigenvalue weighted by molar-refractivity contribution is 6.05. The fourth-order valence-electron chi connectivity index (χ4n) is 5.32. The van der Waals surface area contributed by atoms with Crippen molar-refractivity contribution in [2.24, 2.45) is 0 Å². The number of piperidine rings is 2. The van der Waals surface area contributed by atoms with Crippen molar-refractivity contribution < 1.29 is 14.4 Å². The molecule has 3 amide bonds. The van der Waals surface area contributed by atoms with E-state index in [-0.39, 0.29) is 24.1 Å². The number of carbonyl (C=O) groups excluding carboxylic acids is 3. The quantitative estimate of drug-likeness (QED) is 0.755. The summed E-state index contributed by atoms with van der Waals surface area (Å²) in [4.78, 5) is 40.6. The second-order valence-electron chi connectivity index (χ2n) is 8.42. The molecule has 3 saturated heterocycles. The van der Waals surface area contributed by atoms with Crippen LogP contribution in [-0.4, -0.2) is 58.7 Å². The van der Waals surface area contributed by atoms with Crippen molar-refractivity contribution in [3.05, 3.63) is 34.9 Å². The Morgan fingerprint density at radius 3 is 2.86 bits per heavy atom. The molecule has 0 spiro atoms. The second-order valence-corrected chi connectivity index (χ2v) is 8.42. The number of nitrogens with zero attached hydrogens (tertiary/aromatic N) is 2. The molecule has 0 aliphatic carbocycles. The van der Waals surface area contributed by atoms with Gasteiger partial charge in [-0.1, -0.05) is 12.1 Å². The first-order chi connectivity index (χ1) is 13.6. The summed E-state index contributed by atoms with van der Waals surface area (Å²) in [5.41, 5.74) is 2.90. The summed E-state index contributed by atoms with van der Waals surface area (Å²) < 4.78 is 0. The predicted molar refractivity (Wildman–Crippen MR) is 102 cm³/mol. The van der Waals surface area contributed by atoms with E-state index >= 15 is 0 Å². The van der Waals surface area contributed by atoms with Gasteiger partial charge in [-0.15, -0.1) is 0 Å². The molecule has 1 aromatic carbocycles. The topological polar surface area (TPSA) is 81.8 Å². The minimum atomic E-state index is -0.548. The van der Waals surface area contributed by atoms with Gasteiger partial charge in [0.15, 0.2) is 0 Å². The number of amides is 3. The summed E-state index contributed by atoms with van der Waals surface area (Å²) in [7, 11) is 0. The van der Waals surface area contributed by atoms with E-state index in [2.05, 4.69) is 27.7 Å². The fraction of sp³-hybridized carbons (Fsp3) is 0.571. The van der Waals surface area contributed by atoms with Crippen molar-refractivity contribution >= 4 is 17.7 Å². The Hall–Kier alpha value is -2.25. The lowest BCUT2D eigenvalue weighted by Gasteiger charge is -2.37. The standard InChI is InChI=1S/C21H26N4O3/c26-19-6-5-18(20(27)23-19)25-12-14-10-13(3-4-15(14)21(25)28)11-24-9-1-2-16-17(24)7-8-22-16/h3-4,10,16-18,22H,1-2,5-9,11-12H2,(H,23,26,27)/t16-,17-,18?/m0/s1. The summed E-state index contributed by atoms with van der Waals surface area (Å²) in [6, 6.07) is 6.78. The van der Waals surface area contributed by atoms with E-state index in [9.17, 15) is 14.4 Å². The number of rotatable bonds is 3. The minimum Gasteiger partial charge on any atom is -0.322 e. The second kappa shape index (κ2) is 6.97. The molecule has 0 aromatic heterocycles. The Morgan fingerprint density at radius 2 is 2.00 bits per heavy atom. The Labute approximate surface area is 164 Å². The van der Waals surface area contributed by atoms with Crippen molar-refractivity contribution in [3.63, 3.8) is 0 Å². The first-order valence-electron chi connectivity index (χ1n) is 10.3. The summed E-state index contributed by atoms with van der Waals surface area (Å²) in [5, 5.41) is 5.97. The van der Waals surface area contributed by atoms with Gasteiger partial charge >= 0.3 is 0 Å². The predicted octanol–water partition coefficient (Wildman–Crippen LogP) is 0.774. The molecule has 2 N–H and O–H groups in total. The molecule has 1 aromatic rings. The number of carbonyl (C=O) groups is 3. The molecule has 1 unspecified atom stereocenters. The Kier molecular flexibility index (Phi) is 4.44. The van der Waals surface area contributed by atoms with E-state index in [0.717, 1.165) is 25.2 Å². The molecular formula is C21H26N4O3. The van der Waals surface area contributed by atoms with Gasteiger partial charge in [-0.25, -0.2) is 0 Å². The van der Waals surface area contributed by atoms with Gasteiger partial charge in [0.1, 0.15) is 6.04 Å². The Balaban J connectivity index is 1.32. The average Bonchev–Trinajstić information content (AvgIpc) is 3.27. The summed E-state index contributed by atoms with van der Waals surface area (Å²) in [5.74, 6) is -0.714. The molecule has 148 valence electrons. The van der Waals surface area contributed by atoms with E-state index in [4.69, 9.17) is 0 Å². The molecule has 0 bridgehead atoms. The molecule has 3 atom stereocenters. The maximum absolute atomic E-state index is 12.8. The number of fused-ring (bicyclic) bond motifs is 2. The average molecular weight is 382 g/mol. The van der Waals surface area contributed by atoms with Crippen LogP contribution in [0.5, 0.6) is 0 Å². The molecule has 28 heavy (non-hydrogen) atoms. The Bertz CT molecular complexity index is 839. The van der Waals surface area contributed by atoms with Gasteiger partial charge in [-0.2, -0.15) is 0 Å². The normalized spacial score (nSPS) is 30.4. The van der Waals surface area contributed by atoms with Crippen LogP contribution >= 0.6 is 0 Å².